The maximum Gasteiger partial charge on any atom is 0.255 e. The summed E-state index contributed by atoms with van der Waals surface area (Å²) in [4.78, 5) is 37.4. The second-order valence-corrected chi connectivity index (χ2v) is 10.2. The largest absolute Gasteiger partial charge is 0.484 e. The lowest BCUT2D eigenvalue weighted by Gasteiger charge is -2.55. The van der Waals surface area contributed by atoms with Crippen LogP contribution in [0.15, 0.2) is 24.3 Å². The van der Waals surface area contributed by atoms with Crippen LogP contribution in [0.1, 0.15) is 52.4 Å². The maximum atomic E-state index is 13.4. The molecule has 0 saturated heterocycles. The summed E-state index contributed by atoms with van der Waals surface area (Å²) in [5.41, 5.74) is 5.37. The maximum absolute atomic E-state index is 13.4. The third-order valence-electron chi connectivity index (χ3n) is 7.24. The first-order chi connectivity index (χ1) is 14.7. The van der Waals surface area contributed by atoms with Crippen LogP contribution in [0.5, 0.6) is 5.75 Å². The average Bonchev–Trinajstić information content (AvgIpc) is 2.69. The Morgan fingerprint density at radius 3 is 2.26 bits per heavy atom. The second kappa shape index (κ2) is 8.52. The SMILES string of the molecule is CC(C)[C@@H](NC(=O)C12CC3CC(CC(C3)C1)C2)C(=O)Nc1cccc(OCC(N)=O)c1. The van der Waals surface area contributed by atoms with Crippen molar-refractivity contribution in [1.29, 1.82) is 0 Å². The van der Waals surface area contributed by atoms with Gasteiger partial charge in [0.2, 0.25) is 11.8 Å². The molecule has 4 saturated carbocycles. The van der Waals surface area contributed by atoms with Crippen molar-refractivity contribution in [3.05, 3.63) is 24.3 Å². The first-order valence-electron chi connectivity index (χ1n) is 11.4. The van der Waals surface area contributed by atoms with Gasteiger partial charge in [0.05, 0.1) is 0 Å². The van der Waals surface area contributed by atoms with Crippen LogP contribution < -0.4 is 21.1 Å². The number of primary amides is 1. The lowest BCUT2D eigenvalue weighted by molar-refractivity contribution is -0.148. The van der Waals surface area contributed by atoms with Gasteiger partial charge < -0.3 is 21.1 Å². The Morgan fingerprint density at radius 1 is 1.10 bits per heavy atom. The Balaban J connectivity index is 1.42. The summed E-state index contributed by atoms with van der Waals surface area (Å²) in [5.74, 6) is 1.65. The number of hydrogen-bond donors (Lipinski definition) is 3. The van der Waals surface area contributed by atoms with E-state index in [4.69, 9.17) is 10.5 Å². The fraction of sp³-hybridized carbons (Fsp3) is 0.625. The van der Waals surface area contributed by atoms with Crippen LogP contribution in [-0.2, 0) is 14.4 Å². The van der Waals surface area contributed by atoms with Crippen LogP contribution in [-0.4, -0.2) is 30.4 Å². The number of carbonyl (C=O) groups is 3. The molecule has 0 aromatic heterocycles. The molecule has 168 valence electrons. The molecule has 0 aliphatic heterocycles. The summed E-state index contributed by atoms with van der Waals surface area (Å²) < 4.78 is 5.30. The number of anilines is 1. The molecule has 5 rings (SSSR count). The molecular weight excluding hydrogens is 394 g/mol. The summed E-state index contributed by atoms with van der Waals surface area (Å²) in [7, 11) is 0. The van der Waals surface area contributed by atoms with E-state index < -0.39 is 11.9 Å². The molecule has 4 N–H and O–H groups in total. The Hall–Kier alpha value is -2.57. The van der Waals surface area contributed by atoms with E-state index in [0.717, 1.165) is 19.3 Å². The topological polar surface area (TPSA) is 111 Å². The fourth-order valence-corrected chi connectivity index (χ4v) is 6.26. The lowest BCUT2D eigenvalue weighted by atomic mass is 9.49. The molecule has 4 aliphatic rings. The average molecular weight is 428 g/mol. The van der Waals surface area contributed by atoms with E-state index in [-0.39, 0.29) is 29.8 Å². The molecule has 0 spiro atoms. The van der Waals surface area contributed by atoms with Crippen molar-refractivity contribution in [3.8, 4) is 5.75 Å². The number of carbonyl (C=O) groups excluding carboxylic acids is 3. The highest BCUT2D eigenvalue weighted by Gasteiger charge is 2.55. The minimum atomic E-state index is -0.615. The van der Waals surface area contributed by atoms with Gasteiger partial charge in [-0.25, -0.2) is 0 Å². The smallest absolute Gasteiger partial charge is 0.255 e. The molecule has 1 aromatic rings. The van der Waals surface area contributed by atoms with Gasteiger partial charge in [-0.05, 0) is 74.3 Å². The Morgan fingerprint density at radius 2 is 1.71 bits per heavy atom. The van der Waals surface area contributed by atoms with Crippen LogP contribution in [0.4, 0.5) is 5.69 Å². The second-order valence-electron chi connectivity index (χ2n) is 10.2. The summed E-state index contributed by atoms with van der Waals surface area (Å²) in [6.45, 7) is 3.65. The predicted molar refractivity (Wildman–Crippen MR) is 117 cm³/mol. The number of ether oxygens (including phenoxy) is 1. The molecule has 0 heterocycles. The van der Waals surface area contributed by atoms with Gasteiger partial charge in [-0.1, -0.05) is 19.9 Å². The van der Waals surface area contributed by atoms with Gasteiger partial charge in [0.1, 0.15) is 11.8 Å². The highest BCUT2D eigenvalue weighted by molar-refractivity contribution is 5.98. The van der Waals surface area contributed by atoms with E-state index in [9.17, 15) is 14.4 Å². The van der Waals surface area contributed by atoms with Crippen LogP contribution >= 0.6 is 0 Å². The molecule has 4 fully saturated rings. The van der Waals surface area contributed by atoms with Crippen molar-refractivity contribution in [2.45, 2.75) is 58.4 Å². The van der Waals surface area contributed by atoms with E-state index in [1.807, 2.05) is 13.8 Å². The standard InChI is InChI=1S/C24H33N3O4/c1-14(2)21(22(29)26-18-4-3-5-19(9-18)31-13-20(25)28)27-23(30)24-10-15-6-16(11-24)8-17(7-15)12-24/h3-5,9,14-17,21H,6-8,10-13H2,1-2H3,(H2,25,28)(H,26,29)(H,27,30)/t15?,16?,17?,21-,24?/m1/s1. The monoisotopic (exact) mass is 427 g/mol. The third kappa shape index (κ3) is 4.70. The minimum Gasteiger partial charge on any atom is -0.484 e. The Labute approximate surface area is 183 Å². The molecule has 1 aromatic carbocycles. The normalized spacial score (nSPS) is 29.5. The van der Waals surface area contributed by atoms with E-state index in [2.05, 4.69) is 10.6 Å². The molecule has 4 bridgehead atoms. The van der Waals surface area contributed by atoms with Crippen LogP contribution in [0.3, 0.4) is 0 Å². The van der Waals surface area contributed by atoms with Crippen molar-refractivity contribution in [3.63, 3.8) is 0 Å². The van der Waals surface area contributed by atoms with Crippen molar-refractivity contribution in [1.82, 2.24) is 5.32 Å². The molecular formula is C24H33N3O4. The zero-order valence-electron chi connectivity index (χ0n) is 18.4. The van der Waals surface area contributed by atoms with E-state index >= 15 is 0 Å². The van der Waals surface area contributed by atoms with Gasteiger partial charge in [-0.15, -0.1) is 0 Å². The van der Waals surface area contributed by atoms with Gasteiger partial charge in [0.15, 0.2) is 6.61 Å². The summed E-state index contributed by atoms with van der Waals surface area (Å²) in [5, 5.41) is 5.99. The number of benzene rings is 1. The summed E-state index contributed by atoms with van der Waals surface area (Å²) in [6.07, 6.45) is 6.72. The number of amides is 3. The van der Waals surface area contributed by atoms with Gasteiger partial charge >= 0.3 is 0 Å². The van der Waals surface area contributed by atoms with Crippen molar-refractivity contribution >= 4 is 23.4 Å². The third-order valence-corrected chi connectivity index (χ3v) is 7.24. The predicted octanol–water partition coefficient (Wildman–Crippen LogP) is 2.85. The van der Waals surface area contributed by atoms with E-state index in [0.29, 0.717) is 29.2 Å². The van der Waals surface area contributed by atoms with Crippen LogP contribution in [0.2, 0.25) is 0 Å². The molecule has 1 atom stereocenters. The number of nitrogens with one attached hydrogen (secondary N) is 2. The van der Waals surface area contributed by atoms with Crippen LogP contribution in [0.25, 0.3) is 0 Å². The quantitative estimate of drug-likeness (QED) is 0.592. The molecule has 7 nitrogen and oxygen atoms in total. The minimum absolute atomic E-state index is 0.0489. The summed E-state index contributed by atoms with van der Waals surface area (Å²) >= 11 is 0. The molecule has 0 radical (unpaired) electrons. The van der Waals surface area contributed by atoms with Crippen LogP contribution in [0, 0.1) is 29.1 Å². The highest BCUT2D eigenvalue weighted by atomic mass is 16.5. The molecule has 3 amide bonds. The van der Waals surface area contributed by atoms with E-state index in [1.165, 1.54) is 19.3 Å². The zero-order chi connectivity index (χ0) is 22.2. The van der Waals surface area contributed by atoms with Gasteiger partial charge in [0.25, 0.3) is 5.91 Å². The highest BCUT2D eigenvalue weighted by Crippen LogP contribution is 2.60. The molecule has 0 unspecified atom stereocenters. The lowest BCUT2D eigenvalue weighted by Crippen LogP contribution is -2.57. The van der Waals surface area contributed by atoms with Gasteiger partial charge in [0, 0.05) is 17.2 Å². The first-order valence-corrected chi connectivity index (χ1v) is 11.4. The van der Waals surface area contributed by atoms with Crippen molar-refractivity contribution in [2.75, 3.05) is 11.9 Å². The van der Waals surface area contributed by atoms with Crippen molar-refractivity contribution in [2.24, 2.45) is 34.8 Å². The first kappa shape index (κ1) is 21.7. The fourth-order valence-electron chi connectivity index (χ4n) is 6.26. The Bertz CT molecular complexity index is 831. The van der Waals surface area contributed by atoms with Gasteiger partial charge in [-0.3, -0.25) is 14.4 Å². The number of hydrogen-bond acceptors (Lipinski definition) is 4. The van der Waals surface area contributed by atoms with Crippen molar-refractivity contribution < 1.29 is 19.1 Å². The summed E-state index contributed by atoms with van der Waals surface area (Å²) in [6, 6.07) is 6.18. The number of nitrogens with two attached hydrogens (primary N) is 1. The Kier molecular flexibility index (Phi) is 5.95. The molecule has 31 heavy (non-hydrogen) atoms. The number of rotatable bonds is 8. The molecule has 7 heteroatoms. The molecule has 4 aliphatic carbocycles. The zero-order valence-corrected chi connectivity index (χ0v) is 18.4. The van der Waals surface area contributed by atoms with Gasteiger partial charge in [-0.2, -0.15) is 0 Å². The van der Waals surface area contributed by atoms with E-state index in [1.54, 1.807) is 24.3 Å².